The second-order valence-electron chi connectivity index (χ2n) is 7.62. The average molecular weight is 412 g/mol. The molecule has 0 amide bonds. The van der Waals surface area contributed by atoms with Gasteiger partial charge in [0.15, 0.2) is 9.84 Å². The molecule has 5 nitrogen and oxygen atoms in total. The molecule has 0 aliphatic heterocycles. The minimum atomic E-state index is -3.25. The summed E-state index contributed by atoms with van der Waals surface area (Å²) in [5, 5.41) is 9.63. The highest BCUT2D eigenvalue weighted by atomic mass is 32.2. The van der Waals surface area contributed by atoms with Gasteiger partial charge in [-0.05, 0) is 77.6 Å². The molecule has 0 spiro atoms. The van der Waals surface area contributed by atoms with Crippen LogP contribution in [0.2, 0.25) is 0 Å². The number of allylic oxidation sites excluding steroid dienone is 2. The minimum Gasteiger partial charge on any atom is -0.481 e. The minimum absolute atomic E-state index is 0.273. The van der Waals surface area contributed by atoms with Crippen molar-refractivity contribution in [1.29, 1.82) is 0 Å². The van der Waals surface area contributed by atoms with E-state index in [1.165, 1.54) is 6.26 Å². The van der Waals surface area contributed by atoms with E-state index in [0.29, 0.717) is 0 Å². The van der Waals surface area contributed by atoms with Gasteiger partial charge in [-0.2, -0.15) is 0 Å². The van der Waals surface area contributed by atoms with Gasteiger partial charge in [0.05, 0.1) is 10.8 Å². The van der Waals surface area contributed by atoms with Gasteiger partial charge >= 0.3 is 5.97 Å². The Morgan fingerprint density at radius 3 is 2.21 bits per heavy atom. The van der Waals surface area contributed by atoms with Gasteiger partial charge in [-0.3, -0.25) is 4.79 Å². The topological polar surface area (TPSA) is 74.7 Å². The number of carboxylic acid groups (broad SMARTS) is 1. The highest BCUT2D eigenvalue weighted by Gasteiger charge is 2.30. The molecule has 1 atom stereocenters. The van der Waals surface area contributed by atoms with E-state index in [4.69, 9.17) is 0 Å². The van der Waals surface area contributed by atoms with Crippen LogP contribution in [0.15, 0.2) is 52.9 Å². The summed E-state index contributed by atoms with van der Waals surface area (Å²) in [5.41, 5.74) is 6.49. The quantitative estimate of drug-likeness (QED) is 0.798. The van der Waals surface area contributed by atoms with Gasteiger partial charge in [0.2, 0.25) is 0 Å². The zero-order chi connectivity index (χ0) is 21.5. The standard InChI is InChI=1S/C23H25NO4S/c1-14-20(12-16-6-9-18(10-7-16)29(5,27)28)19-11-8-17(24(3)4)13-21(19)22(14)15(2)23(25)26/h6-13,15H,1-5H3,(H,25,26)/b20-12+. The third-order valence-corrected chi connectivity index (χ3v) is 6.46. The molecule has 0 saturated heterocycles. The summed E-state index contributed by atoms with van der Waals surface area (Å²) in [6.45, 7) is 3.65. The van der Waals surface area contributed by atoms with Gasteiger partial charge in [0, 0.05) is 26.0 Å². The number of sulfone groups is 1. The molecule has 0 radical (unpaired) electrons. The van der Waals surface area contributed by atoms with Crippen molar-refractivity contribution in [3.05, 3.63) is 64.7 Å². The van der Waals surface area contributed by atoms with Crippen LogP contribution in [-0.2, 0) is 14.6 Å². The molecule has 1 aliphatic carbocycles. The van der Waals surface area contributed by atoms with Crippen molar-refractivity contribution in [3.63, 3.8) is 0 Å². The molecule has 0 saturated carbocycles. The van der Waals surface area contributed by atoms with Crippen molar-refractivity contribution < 1.29 is 18.3 Å². The Morgan fingerprint density at radius 1 is 1.07 bits per heavy atom. The predicted octanol–water partition coefficient (Wildman–Crippen LogP) is 4.20. The molecule has 1 unspecified atom stereocenters. The highest BCUT2D eigenvalue weighted by molar-refractivity contribution is 7.90. The van der Waals surface area contributed by atoms with E-state index in [-0.39, 0.29) is 4.90 Å². The van der Waals surface area contributed by atoms with Crippen LogP contribution in [0.5, 0.6) is 0 Å². The zero-order valence-corrected chi connectivity index (χ0v) is 18.0. The largest absolute Gasteiger partial charge is 0.481 e. The maximum Gasteiger partial charge on any atom is 0.310 e. The van der Waals surface area contributed by atoms with Gasteiger partial charge in [-0.1, -0.05) is 18.2 Å². The number of aliphatic carboxylic acids is 1. The van der Waals surface area contributed by atoms with Crippen molar-refractivity contribution in [2.45, 2.75) is 18.7 Å². The molecule has 152 valence electrons. The Bertz CT molecular complexity index is 1140. The number of benzene rings is 2. The van der Waals surface area contributed by atoms with Crippen LogP contribution in [0.4, 0.5) is 5.69 Å². The number of rotatable bonds is 5. The molecule has 6 heteroatoms. The van der Waals surface area contributed by atoms with Crippen LogP contribution in [-0.4, -0.2) is 39.8 Å². The van der Waals surface area contributed by atoms with E-state index in [2.05, 4.69) is 0 Å². The lowest BCUT2D eigenvalue weighted by Crippen LogP contribution is -2.12. The lowest BCUT2D eigenvalue weighted by atomic mass is 9.93. The molecule has 0 bridgehead atoms. The fraction of sp³-hybridized carbons (Fsp3) is 0.261. The number of carboxylic acids is 1. The van der Waals surface area contributed by atoms with E-state index in [0.717, 1.165) is 39.1 Å². The maximum atomic E-state index is 11.7. The molecule has 1 aliphatic rings. The Hall–Kier alpha value is -2.86. The average Bonchev–Trinajstić information content (AvgIpc) is 2.91. The first-order valence-electron chi connectivity index (χ1n) is 9.28. The fourth-order valence-corrected chi connectivity index (χ4v) is 4.29. The lowest BCUT2D eigenvalue weighted by molar-refractivity contribution is -0.139. The number of hydrogen-bond acceptors (Lipinski definition) is 4. The molecule has 0 fully saturated rings. The Kier molecular flexibility index (Phi) is 5.41. The van der Waals surface area contributed by atoms with Crippen LogP contribution in [0.25, 0.3) is 17.2 Å². The first-order chi connectivity index (χ1) is 13.5. The number of hydrogen-bond donors (Lipinski definition) is 1. The monoisotopic (exact) mass is 411 g/mol. The Balaban J connectivity index is 2.17. The number of carbonyl (C=O) groups is 1. The van der Waals surface area contributed by atoms with E-state index < -0.39 is 21.7 Å². The third-order valence-electron chi connectivity index (χ3n) is 5.33. The summed E-state index contributed by atoms with van der Waals surface area (Å²) in [7, 11) is 0.655. The molecule has 2 aromatic carbocycles. The summed E-state index contributed by atoms with van der Waals surface area (Å²) in [5.74, 6) is -1.50. The molecule has 3 rings (SSSR count). The van der Waals surface area contributed by atoms with Gasteiger partial charge in [-0.25, -0.2) is 8.42 Å². The molecular weight excluding hydrogens is 386 g/mol. The van der Waals surface area contributed by atoms with E-state index in [1.807, 2.05) is 50.2 Å². The van der Waals surface area contributed by atoms with Crippen LogP contribution >= 0.6 is 0 Å². The summed E-state index contributed by atoms with van der Waals surface area (Å²) in [6.07, 6.45) is 3.17. The van der Waals surface area contributed by atoms with E-state index >= 15 is 0 Å². The van der Waals surface area contributed by atoms with Gasteiger partial charge in [-0.15, -0.1) is 0 Å². The first kappa shape index (κ1) is 20.9. The highest BCUT2D eigenvalue weighted by Crippen LogP contribution is 2.46. The molecule has 0 aromatic heterocycles. The Morgan fingerprint density at radius 2 is 1.69 bits per heavy atom. The van der Waals surface area contributed by atoms with Crippen molar-refractivity contribution in [1.82, 2.24) is 0 Å². The number of nitrogens with zero attached hydrogens (tertiary/aromatic N) is 1. The lowest BCUT2D eigenvalue weighted by Gasteiger charge is -2.16. The van der Waals surface area contributed by atoms with Crippen LogP contribution in [0.3, 0.4) is 0 Å². The number of anilines is 1. The summed E-state index contributed by atoms with van der Waals surface area (Å²) < 4.78 is 23.4. The van der Waals surface area contributed by atoms with Crippen LogP contribution in [0.1, 0.15) is 30.5 Å². The third kappa shape index (κ3) is 3.98. The Labute approximate surface area is 171 Å². The number of fused-ring (bicyclic) bond motifs is 1. The van der Waals surface area contributed by atoms with Crippen LogP contribution in [0, 0.1) is 5.92 Å². The second-order valence-corrected chi connectivity index (χ2v) is 9.64. The van der Waals surface area contributed by atoms with Gasteiger partial charge < -0.3 is 10.0 Å². The van der Waals surface area contributed by atoms with Gasteiger partial charge in [0.1, 0.15) is 0 Å². The summed E-state index contributed by atoms with van der Waals surface area (Å²) >= 11 is 0. The fourth-order valence-electron chi connectivity index (χ4n) is 3.66. The van der Waals surface area contributed by atoms with E-state index in [1.54, 1.807) is 31.2 Å². The molecule has 29 heavy (non-hydrogen) atoms. The van der Waals surface area contributed by atoms with Crippen molar-refractivity contribution in [3.8, 4) is 0 Å². The van der Waals surface area contributed by atoms with Crippen molar-refractivity contribution >= 4 is 38.7 Å². The summed E-state index contributed by atoms with van der Waals surface area (Å²) in [4.78, 5) is 14.0. The predicted molar refractivity (Wildman–Crippen MR) is 118 cm³/mol. The normalized spacial score (nSPS) is 16.1. The van der Waals surface area contributed by atoms with Crippen molar-refractivity contribution in [2.75, 3.05) is 25.3 Å². The second kappa shape index (κ2) is 7.52. The summed E-state index contributed by atoms with van der Waals surface area (Å²) in [6, 6.07) is 12.8. The first-order valence-corrected chi connectivity index (χ1v) is 11.2. The molecule has 0 heterocycles. The molecule has 1 N–H and O–H groups in total. The molecular formula is C23H25NO4S. The SMILES string of the molecule is CC1=C(C(C)C(=O)O)c2cc(N(C)C)ccc2/C1=C/c1ccc(S(C)(=O)=O)cc1. The van der Waals surface area contributed by atoms with E-state index in [9.17, 15) is 18.3 Å². The van der Waals surface area contributed by atoms with Crippen molar-refractivity contribution in [2.24, 2.45) is 5.92 Å². The van der Waals surface area contributed by atoms with Gasteiger partial charge in [0.25, 0.3) is 0 Å². The van der Waals surface area contributed by atoms with Crippen LogP contribution < -0.4 is 4.90 Å². The molecule has 2 aromatic rings. The maximum absolute atomic E-state index is 11.7. The smallest absolute Gasteiger partial charge is 0.310 e. The zero-order valence-electron chi connectivity index (χ0n) is 17.2.